The van der Waals surface area contributed by atoms with Crippen molar-refractivity contribution >= 4 is 38.9 Å². The quantitative estimate of drug-likeness (QED) is 0.646. The van der Waals surface area contributed by atoms with Gasteiger partial charge in [-0.25, -0.2) is 8.42 Å². The summed E-state index contributed by atoms with van der Waals surface area (Å²) in [6, 6.07) is 13.2. The lowest BCUT2D eigenvalue weighted by atomic mass is 10.2. The van der Waals surface area contributed by atoms with Gasteiger partial charge in [-0.2, -0.15) is 4.31 Å². The molecule has 176 valence electrons. The zero-order chi connectivity index (χ0) is 23.4. The fourth-order valence-electron chi connectivity index (χ4n) is 4.22. The molecule has 2 saturated heterocycles. The SMILES string of the molecule is C[C@H](Nc1cccc(N2CCCC2=O)c1)C(=O)Nc1ccc(S(=O)(=O)N2CCCCC2)cc1. The predicted molar refractivity (Wildman–Crippen MR) is 129 cm³/mol. The van der Waals surface area contributed by atoms with E-state index < -0.39 is 16.1 Å². The number of hydrogen-bond acceptors (Lipinski definition) is 5. The van der Waals surface area contributed by atoms with Crippen LogP contribution in [-0.2, 0) is 19.6 Å². The summed E-state index contributed by atoms with van der Waals surface area (Å²) in [6.45, 7) is 3.56. The fourth-order valence-corrected chi connectivity index (χ4v) is 5.73. The molecule has 2 aromatic rings. The number of rotatable bonds is 7. The van der Waals surface area contributed by atoms with Gasteiger partial charge in [0.2, 0.25) is 21.8 Å². The van der Waals surface area contributed by atoms with Crippen LogP contribution < -0.4 is 15.5 Å². The average Bonchev–Trinajstić information content (AvgIpc) is 3.26. The Balaban J connectivity index is 1.37. The molecule has 0 radical (unpaired) electrons. The summed E-state index contributed by atoms with van der Waals surface area (Å²) >= 11 is 0. The third-order valence-corrected chi connectivity index (χ3v) is 8.00. The Morgan fingerprint density at radius 3 is 2.33 bits per heavy atom. The molecule has 2 aromatic carbocycles. The van der Waals surface area contributed by atoms with Gasteiger partial charge in [0, 0.05) is 43.1 Å². The molecule has 2 aliphatic heterocycles. The van der Waals surface area contributed by atoms with Gasteiger partial charge in [0.05, 0.1) is 4.90 Å². The van der Waals surface area contributed by atoms with E-state index in [9.17, 15) is 18.0 Å². The molecule has 2 N–H and O–H groups in total. The molecule has 0 bridgehead atoms. The third-order valence-electron chi connectivity index (χ3n) is 6.08. The van der Waals surface area contributed by atoms with E-state index in [1.54, 1.807) is 24.0 Å². The van der Waals surface area contributed by atoms with Crippen molar-refractivity contribution in [3.63, 3.8) is 0 Å². The van der Waals surface area contributed by atoms with Crippen LogP contribution in [0.25, 0.3) is 0 Å². The van der Waals surface area contributed by atoms with Gasteiger partial charge >= 0.3 is 0 Å². The Morgan fingerprint density at radius 2 is 1.67 bits per heavy atom. The number of carbonyl (C=O) groups is 2. The van der Waals surface area contributed by atoms with Gasteiger partial charge in [0.15, 0.2) is 0 Å². The predicted octanol–water partition coefficient (Wildman–Crippen LogP) is 3.43. The van der Waals surface area contributed by atoms with E-state index in [0.717, 1.165) is 37.1 Å². The average molecular weight is 471 g/mol. The van der Waals surface area contributed by atoms with Crippen molar-refractivity contribution in [1.82, 2.24) is 4.31 Å². The molecular formula is C24H30N4O4S. The van der Waals surface area contributed by atoms with Gasteiger partial charge in [-0.05, 0) is 68.7 Å². The first-order chi connectivity index (χ1) is 15.8. The minimum atomic E-state index is -3.50. The van der Waals surface area contributed by atoms with Crippen molar-refractivity contribution in [2.45, 2.75) is 50.0 Å². The van der Waals surface area contributed by atoms with Gasteiger partial charge in [-0.1, -0.05) is 12.5 Å². The van der Waals surface area contributed by atoms with E-state index in [0.29, 0.717) is 31.7 Å². The lowest BCUT2D eigenvalue weighted by Crippen LogP contribution is -2.35. The topological polar surface area (TPSA) is 98.8 Å². The van der Waals surface area contributed by atoms with E-state index in [2.05, 4.69) is 10.6 Å². The molecule has 0 aromatic heterocycles. The largest absolute Gasteiger partial charge is 0.374 e. The molecular weight excluding hydrogens is 440 g/mol. The van der Waals surface area contributed by atoms with E-state index in [1.807, 2.05) is 24.3 Å². The first-order valence-electron chi connectivity index (χ1n) is 11.4. The number of anilines is 3. The Kier molecular flexibility index (Phi) is 6.99. The molecule has 2 aliphatic rings. The van der Waals surface area contributed by atoms with Crippen LogP contribution in [0.5, 0.6) is 0 Å². The van der Waals surface area contributed by atoms with Crippen molar-refractivity contribution in [1.29, 1.82) is 0 Å². The van der Waals surface area contributed by atoms with Crippen LogP contribution in [0.3, 0.4) is 0 Å². The summed E-state index contributed by atoms with van der Waals surface area (Å²) < 4.78 is 27.1. The second-order valence-corrected chi connectivity index (χ2v) is 10.5. The van der Waals surface area contributed by atoms with Crippen LogP contribution in [0.2, 0.25) is 0 Å². The van der Waals surface area contributed by atoms with Crippen molar-refractivity contribution in [3.8, 4) is 0 Å². The van der Waals surface area contributed by atoms with E-state index in [4.69, 9.17) is 0 Å². The molecule has 8 nitrogen and oxygen atoms in total. The first kappa shape index (κ1) is 23.3. The summed E-state index contributed by atoms with van der Waals surface area (Å²) in [7, 11) is -3.50. The van der Waals surface area contributed by atoms with E-state index >= 15 is 0 Å². The maximum Gasteiger partial charge on any atom is 0.246 e. The maximum absolute atomic E-state index is 12.8. The normalized spacial score (nSPS) is 18.2. The van der Waals surface area contributed by atoms with Crippen LogP contribution in [0.4, 0.5) is 17.1 Å². The number of nitrogens with zero attached hydrogens (tertiary/aromatic N) is 2. The number of nitrogens with one attached hydrogen (secondary N) is 2. The number of piperidine rings is 1. The molecule has 2 fully saturated rings. The van der Waals surface area contributed by atoms with Gasteiger partial charge in [-0.3, -0.25) is 9.59 Å². The molecule has 1 atom stereocenters. The zero-order valence-electron chi connectivity index (χ0n) is 18.8. The molecule has 4 rings (SSSR count). The maximum atomic E-state index is 12.8. The first-order valence-corrected chi connectivity index (χ1v) is 12.9. The van der Waals surface area contributed by atoms with E-state index in [-0.39, 0.29) is 16.7 Å². The lowest BCUT2D eigenvalue weighted by Gasteiger charge is -2.25. The van der Waals surface area contributed by atoms with Gasteiger partial charge in [0.25, 0.3) is 0 Å². The molecule has 2 amide bonds. The van der Waals surface area contributed by atoms with E-state index in [1.165, 1.54) is 16.4 Å². The van der Waals surface area contributed by atoms with Crippen molar-refractivity contribution in [2.75, 3.05) is 35.2 Å². The number of sulfonamides is 1. The molecule has 33 heavy (non-hydrogen) atoms. The van der Waals surface area contributed by atoms with Crippen LogP contribution >= 0.6 is 0 Å². The summed E-state index contributed by atoms with van der Waals surface area (Å²) in [6.07, 6.45) is 4.25. The smallest absolute Gasteiger partial charge is 0.246 e. The highest BCUT2D eigenvalue weighted by Gasteiger charge is 2.26. The number of amides is 2. The summed E-state index contributed by atoms with van der Waals surface area (Å²) in [4.78, 5) is 26.7. The van der Waals surface area contributed by atoms with Crippen molar-refractivity contribution in [2.24, 2.45) is 0 Å². The highest BCUT2D eigenvalue weighted by atomic mass is 32.2. The molecule has 0 saturated carbocycles. The Hall–Kier alpha value is -2.91. The van der Waals surface area contributed by atoms with Gasteiger partial charge in [0.1, 0.15) is 6.04 Å². The standard InChI is InChI=1S/C24H30N4O4S/c1-18(25-20-7-5-8-21(17-20)28-16-6-9-23(28)29)24(30)26-19-10-12-22(13-11-19)33(31,32)27-14-3-2-4-15-27/h5,7-8,10-13,17-18,25H,2-4,6,9,14-16H2,1H3,(H,26,30)/t18-/m0/s1. The zero-order valence-corrected chi connectivity index (χ0v) is 19.6. The van der Waals surface area contributed by atoms with Gasteiger partial charge < -0.3 is 15.5 Å². The number of carbonyl (C=O) groups excluding carboxylic acids is 2. The van der Waals surface area contributed by atoms with Crippen LogP contribution in [-0.4, -0.2) is 50.2 Å². The van der Waals surface area contributed by atoms with Crippen molar-refractivity contribution < 1.29 is 18.0 Å². The van der Waals surface area contributed by atoms with Crippen LogP contribution in [0, 0.1) is 0 Å². The molecule has 9 heteroatoms. The second kappa shape index (κ2) is 9.93. The minimum Gasteiger partial charge on any atom is -0.374 e. The number of hydrogen-bond donors (Lipinski definition) is 2. The highest BCUT2D eigenvalue weighted by Crippen LogP contribution is 2.25. The minimum absolute atomic E-state index is 0.115. The Morgan fingerprint density at radius 1 is 0.939 bits per heavy atom. The Labute approximate surface area is 195 Å². The van der Waals surface area contributed by atoms with Crippen LogP contribution in [0.15, 0.2) is 53.4 Å². The second-order valence-electron chi connectivity index (χ2n) is 8.54. The molecule has 2 heterocycles. The van der Waals surface area contributed by atoms with Crippen LogP contribution in [0.1, 0.15) is 39.0 Å². The fraction of sp³-hybridized carbons (Fsp3) is 0.417. The summed E-state index contributed by atoms with van der Waals surface area (Å²) in [5.74, 6) is -0.132. The lowest BCUT2D eigenvalue weighted by molar-refractivity contribution is -0.117. The molecule has 0 spiro atoms. The number of benzene rings is 2. The van der Waals surface area contributed by atoms with Gasteiger partial charge in [-0.15, -0.1) is 0 Å². The van der Waals surface area contributed by atoms with Crippen molar-refractivity contribution in [3.05, 3.63) is 48.5 Å². The molecule has 0 unspecified atom stereocenters. The monoisotopic (exact) mass is 470 g/mol. The summed E-state index contributed by atoms with van der Waals surface area (Å²) in [5, 5.41) is 5.99. The highest BCUT2D eigenvalue weighted by molar-refractivity contribution is 7.89. The molecule has 0 aliphatic carbocycles. The third kappa shape index (κ3) is 5.36. The Bertz CT molecular complexity index is 1110. The summed E-state index contributed by atoms with van der Waals surface area (Å²) in [5.41, 5.74) is 2.10.